The smallest absolute Gasteiger partial charge is 0.335 e. The van der Waals surface area contributed by atoms with Crippen LogP contribution in [0.1, 0.15) is 36.0 Å². The Morgan fingerprint density at radius 3 is 2.60 bits per heavy atom. The molecule has 0 radical (unpaired) electrons. The molecule has 1 aliphatic carbocycles. The summed E-state index contributed by atoms with van der Waals surface area (Å²) in [5.74, 6) is -1.48. The molecule has 1 fully saturated rings. The van der Waals surface area contributed by atoms with E-state index in [0.717, 1.165) is 25.7 Å². The summed E-state index contributed by atoms with van der Waals surface area (Å²) in [4.78, 5) is 23.1. The summed E-state index contributed by atoms with van der Waals surface area (Å²) in [7, 11) is 0. The van der Waals surface area contributed by atoms with Crippen LogP contribution >= 0.6 is 11.6 Å². The van der Waals surface area contributed by atoms with Gasteiger partial charge in [-0.05, 0) is 31.0 Å². The number of nitrogens with one attached hydrogen (secondary N) is 1. The van der Waals surface area contributed by atoms with Gasteiger partial charge in [0.15, 0.2) is 0 Å². The minimum absolute atomic E-state index is 0.0424. The van der Waals surface area contributed by atoms with Crippen LogP contribution in [0, 0.1) is 5.92 Å². The van der Waals surface area contributed by atoms with Crippen molar-refractivity contribution in [3.8, 4) is 0 Å². The van der Waals surface area contributed by atoms with Crippen LogP contribution in [0.25, 0.3) is 0 Å². The molecule has 6 heteroatoms. The number of carbonyl (C=O) groups is 2. The van der Waals surface area contributed by atoms with E-state index in [2.05, 4.69) is 5.32 Å². The Morgan fingerprint density at radius 2 is 1.95 bits per heavy atom. The van der Waals surface area contributed by atoms with Crippen LogP contribution in [0.15, 0.2) is 18.2 Å². The van der Waals surface area contributed by atoms with E-state index in [1.807, 2.05) is 0 Å². The molecule has 2 atom stereocenters. The Morgan fingerprint density at radius 1 is 1.25 bits per heavy atom. The molecule has 0 saturated heterocycles. The Bertz CT molecular complexity index is 533. The molecule has 5 nitrogen and oxygen atoms in total. The van der Waals surface area contributed by atoms with Crippen molar-refractivity contribution < 1.29 is 14.7 Å². The van der Waals surface area contributed by atoms with Gasteiger partial charge >= 0.3 is 5.97 Å². The van der Waals surface area contributed by atoms with Gasteiger partial charge < -0.3 is 16.2 Å². The SMILES string of the molecule is NC1CCCCC1C(=O)Nc1cc(Cl)cc(C(=O)O)c1. The number of benzene rings is 1. The molecular weight excluding hydrogens is 280 g/mol. The number of rotatable bonds is 3. The number of carboxylic acid groups (broad SMARTS) is 1. The van der Waals surface area contributed by atoms with E-state index < -0.39 is 5.97 Å². The lowest BCUT2D eigenvalue weighted by Gasteiger charge is -2.27. The fourth-order valence-electron chi connectivity index (χ4n) is 2.51. The Kier molecular flexibility index (Phi) is 4.62. The number of nitrogens with two attached hydrogens (primary N) is 1. The number of hydrogen-bond donors (Lipinski definition) is 3. The first-order valence-electron chi connectivity index (χ1n) is 6.57. The molecular formula is C14H17ClN2O3. The largest absolute Gasteiger partial charge is 0.478 e. The third-order valence-electron chi connectivity index (χ3n) is 3.57. The highest BCUT2D eigenvalue weighted by Crippen LogP contribution is 2.25. The molecule has 1 amide bonds. The van der Waals surface area contributed by atoms with Gasteiger partial charge in [-0.25, -0.2) is 4.79 Å². The van der Waals surface area contributed by atoms with E-state index in [1.165, 1.54) is 18.2 Å². The molecule has 1 aliphatic rings. The summed E-state index contributed by atoms with van der Waals surface area (Å²) >= 11 is 5.85. The van der Waals surface area contributed by atoms with Gasteiger partial charge in [-0.1, -0.05) is 24.4 Å². The molecule has 0 heterocycles. The summed E-state index contributed by atoms with van der Waals surface area (Å²) in [6, 6.07) is 4.12. The molecule has 4 N–H and O–H groups in total. The second-order valence-corrected chi connectivity index (χ2v) is 5.51. The minimum Gasteiger partial charge on any atom is -0.478 e. The first-order valence-corrected chi connectivity index (χ1v) is 6.95. The highest BCUT2D eigenvalue weighted by Gasteiger charge is 2.28. The maximum absolute atomic E-state index is 12.2. The number of halogens is 1. The lowest BCUT2D eigenvalue weighted by molar-refractivity contribution is -0.121. The Labute approximate surface area is 122 Å². The van der Waals surface area contributed by atoms with Gasteiger partial charge in [0.1, 0.15) is 0 Å². The van der Waals surface area contributed by atoms with Gasteiger partial charge in [-0.2, -0.15) is 0 Å². The van der Waals surface area contributed by atoms with Crippen molar-refractivity contribution in [3.63, 3.8) is 0 Å². The summed E-state index contributed by atoms with van der Waals surface area (Å²) in [5, 5.41) is 12.0. The lowest BCUT2D eigenvalue weighted by atomic mass is 9.84. The topological polar surface area (TPSA) is 92.4 Å². The third kappa shape index (κ3) is 3.49. The monoisotopic (exact) mass is 296 g/mol. The fraction of sp³-hybridized carbons (Fsp3) is 0.429. The molecule has 0 aliphatic heterocycles. The second-order valence-electron chi connectivity index (χ2n) is 5.08. The van der Waals surface area contributed by atoms with Gasteiger partial charge in [0.05, 0.1) is 11.5 Å². The zero-order chi connectivity index (χ0) is 14.7. The predicted molar refractivity (Wildman–Crippen MR) is 77.0 cm³/mol. The van der Waals surface area contributed by atoms with Crippen molar-refractivity contribution in [2.24, 2.45) is 11.7 Å². The van der Waals surface area contributed by atoms with Gasteiger partial charge in [0, 0.05) is 16.8 Å². The van der Waals surface area contributed by atoms with Crippen LogP contribution in [0.3, 0.4) is 0 Å². The van der Waals surface area contributed by atoms with Crippen LogP contribution in [0.2, 0.25) is 5.02 Å². The Balaban J connectivity index is 2.13. The number of aromatic carboxylic acids is 1. The van der Waals surface area contributed by atoms with Crippen LogP contribution < -0.4 is 11.1 Å². The maximum Gasteiger partial charge on any atom is 0.335 e. The molecule has 2 rings (SSSR count). The van der Waals surface area contributed by atoms with E-state index in [9.17, 15) is 9.59 Å². The number of carbonyl (C=O) groups excluding carboxylic acids is 1. The van der Waals surface area contributed by atoms with E-state index in [-0.39, 0.29) is 28.5 Å². The molecule has 1 aromatic rings. The second kappa shape index (κ2) is 6.24. The molecule has 0 aromatic heterocycles. The number of carboxylic acids is 1. The van der Waals surface area contributed by atoms with Gasteiger partial charge in [-0.15, -0.1) is 0 Å². The third-order valence-corrected chi connectivity index (χ3v) is 3.79. The lowest BCUT2D eigenvalue weighted by Crippen LogP contribution is -2.40. The first kappa shape index (κ1) is 14.8. The number of anilines is 1. The molecule has 1 saturated carbocycles. The zero-order valence-corrected chi connectivity index (χ0v) is 11.7. The van der Waals surface area contributed by atoms with Gasteiger partial charge in [-0.3, -0.25) is 4.79 Å². The zero-order valence-electron chi connectivity index (χ0n) is 10.9. The van der Waals surface area contributed by atoms with Gasteiger partial charge in [0.2, 0.25) is 5.91 Å². The van der Waals surface area contributed by atoms with Crippen molar-refractivity contribution in [2.75, 3.05) is 5.32 Å². The van der Waals surface area contributed by atoms with Crippen molar-refractivity contribution in [3.05, 3.63) is 28.8 Å². The number of amides is 1. The van der Waals surface area contributed by atoms with E-state index in [4.69, 9.17) is 22.4 Å². The highest BCUT2D eigenvalue weighted by molar-refractivity contribution is 6.31. The summed E-state index contributed by atoms with van der Waals surface area (Å²) in [6.07, 6.45) is 3.64. The van der Waals surface area contributed by atoms with Crippen LogP contribution in [0.5, 0.6) is 0 Å². The van der Waals surface area contributed by atoms with E-state index in [0.29, 0.717) is 5.69 Å². The average molecular weight is 297 g/mol. The van der Waals surface area contributed by atoms with Crippen LogP contribution in [0.4, 0.5) is 5.69 Å². The first-order chi connectivity index (χ1) is 9.47. The minimum atomic E-state index is -1.09. The molecule has 20 heavy (non-hydrogen) atoms. The standard InChI is InChI=1S/C14H17ClN2O3/c15-9-5-8(14(19)20)6-10(7-9)17-13(18)11-3-1-2-4-12(11)16/h5-7,11-12H,1-4,16H2,(H,17,18)(H,19,20). The van der Waals surface area contributed by atoms with E-state index in [1.54, 1.807) is 0 Å². The molecule has 0 bridgehead atoms. The molecule has 108 valence electrons. The average Bonchev–Trinajstić information content (AvgIpc) is 2.38. The molecule has 2 unspecified atom stereocenters. The van der Waals surface area contributed by atoms with Crippen LogP contribution in [-0.4, -0.2) is 23.0 Å². The maximum atomic E-state index is 12.2. The predicted octanol–water partition coefficient (Wildman–Crippen LogP) is 2.49. The summed E-state index contributed by atoms with van der Waals surface area (Å²) in [6.45, 7) is 0. The number of hydrogen-bond acceptors (Lipinski definition) is 3. The highest BCUT2D eigenvalue weighted by atomic mass is 35.5. The summed E-state index contributed by atoms with van der Waals surface area (Å²) in [5.41, 5.74) is 6.39. The van der Waals surface area contributed by atoms with Crippen LogP contribution in [-0.2, 0) is 4.79 Å². The fourth-order valence-corrected chi connectivity index (χ4v) is 2.74. The van der Waals surface area contributed by atoms with Crippen molar-refractivity contribution in [1.82, 2.24) is 0 Å². The van der Waals surface area contributed by atoms with Gasteiger partial charge in [0.25, 0.3) is 0 Å². The van der Waals surface area contributed by atoms with Crippen molar-refractivity contribution >= 4 is 29.2 Å². The molecule has 0 spiro atoms. The normalized spacial score (nSPS) is 22.3. The van der Waals surface area contributed by atoms with E-state index >= 15 is 0 Å². The quantitative estimate of drug-likeness (QED) is 0.799. The van der Waals surface area contributed by atoms with Crippen molar-refractivity contribution in [1.29, 1.82) is 0 Å². The molecule has 1 aromatic carbocycles. The van der Waals surface area contributed by atoms with Crippen molar-refractivity contribution in [2.45, 2.75) is 31.7 Å². The summed E-state index contributed by atoms with van der Waals surface area (Å²) < 4.78 is 0. The Hall–Kier alpha value is -1.59.